The molecule has 0 unspecified atom stereocenters. The molecule has 0 aliphatic rings. The standard InChI is InChI=1S/C18H24N4O/c1-13-5-6-14(2)17(9-13)21-16-10-15(11-19-12-16)18(23)20-7-8-22(3)4/h5-6,9-12,21H,7-8H2,1-4H3,(H,20,23). The second-order valence-corrected chi connectivity index (χ2v) is 5.96. The highest BCUT2D eigenvalue weighted by atomic mass is 16.1. The number of carbonyl (C=O) groups excluding carboxylic acids is 1. The largest absolute Gasteiger partial charge is 0.354 e. The first-order valence-corrected chi connectivity index (χ1v) is 7.68. The number of aromatic nitrogens is 1. The van der Waals surface area contributed by atoms with Crippen LogP contribution in [0, 0.1) is 13.8 Å². The lowest BCUT2D eigenvalue weighted by Crippen LogP contribution is -2.31. The average Bonchev–Trinajstić information content (AvgIpc) is 2.51. The lowest BCUT2D eigenvalue weighted by Gasteiger charge is -2.12. The molecule has 2 rings (SSSR count). The number of nitrogens with one attached hydrogen (secondary N) is 2. The second-order valence-electron chi connectivity index (χ2n) is 5.96. The van der Waals surface area contributed by atoms with Crippen LogP contribution in [0.5, 0.6) is 0 Å². The van der Waals surface area contributed by atoms with E-state index >= 15 is 0 Å². The number of likely N-dealkylation sites (N-methyl/N-ethyl adjacent to an activating group) is 1. The van der Waals surface area contributed by atoms with Crippen molar-refractivity contribution in [3.8, 4) is 0 Å². The number of amides is 1. The van der Waals surface area contributed by atoms with Crippen molar-refractivity contribution < 1.29 is 4.79 Å². The van der Waals surface area contributed by atoms with Crippen molar-refractivity contribution in [1.82, 2.24) is 15.2 Å². The summed E-state index contributed by atoms with van der Waals surface area (Å²) < 4.78 is 0. The predicted octanol–water partition coefficient (Wildman–Crippen LogP) is 2.73. The minimum absolute atomic E-state index is 0.107. The monoisotopic (exact) mass is 312 g/mol. The summed E-state index contributed by atoms with van der Waals surface area (Å²) in [6.45, 7) is 5.52. The first kappa shape index (κ1) is 17.0. The molecule has 2 aromatic rings. The van der Waals surface area contributed by atoms with Crippen LogP contribution in [0.4, 0.5) is 11.4 Å². The first-order valence-electron chi connectivity index (χ1n) is 7.68. The molecule has 5 heteroatoms. The fourth-order valence-electron chi connectivity index (χ4n) is 2.15. The van der Waals surface area contributed by atoms with Crippen molar-refractivity contribution in [2.45, 2.75) is 13.8 Å². The minimum Gasteiger partial charge on any atom is -0.354 e. The summed E-state index contributed by atoms with van der Waals surface area (Å²) in [7, 11) is 3.95. The molecule has 1 amide bonds. The predicted molar refractivity (Wildman–Crippen MR) is 94.3 cm³/mol. The summed E-state index contributed by atoms with van der Waals surface area (Å²) in [5.41, 5.74) is 4.72. The fraction of sp³-hybridized carbons (Fsp3) is 0.333. The topological polar surface area (TPSA) is 57.3 Å². The Kier molecular flexibility index (Phi) is 5.71. The number of aryl methyl sites for hydroxylation is 2. The molecule has 0 aliphatic heterocycles. The number of benzene rings is 1. The van der Waals surface area contributed by atoms with Gasteiger partial charge in [0.15, 0.2) is 0 Å². The normalized spacial score (nSPS) is 10.7. The molecule has 0 atom stereocenters. The SMILES string of the molecule is Cc1ccc(C)c(Nc2cncc(C(=O)NCCN(C)C)c2)c1. The number of anilines is 2. The highest BCUT2D eigenvalue weighted by Crippen LogP contribution is 2.21. The van der Waals surface area contributed by atoms with E-state index < -0.39 is 0 Å². The van der Waals surface area contributed by atoms with Crippen LogP contribution in [-0.4, -0.2) is 43.0 Å². The van der Waals surface area contributed by atoms with Gasteiger partial charge in [0.2, 0.25) is 0 Å². The van der Waals surface area contributed by atoms with Crippen molar-refractivity contribution in [3.63, 3.8) is 0 Å². The Morgan fingerprint density at radius 2 is 1.96 bits per heavy atom. The van der Waals surface area contributed by atoms with Gasteiger partial charge in [0, 0.05) is 25.0 Å². The van der Waals surface area contributed by atoms with Crippen LogP contribution in [0.1, 0.15) is 21.5 Å². The zero-order chi connectivity index (χ0) is 16.8. The minimum atomic E-state index is -0.107. The Morgan fingerprint density at radius 1 is 1.17 bits per heavy atom. The van der Waals surface area contributed by atoms with E-state index in [1.807, 2.05) is 32.0 Å². The van der Waals surface area contributed by atoms with E-state index in [9.17, 15) is 4.79 Å². The second kappa shape index (κ2) is 7.74. The molecule has 0 aliphatic carbocycles. The first-order chi connectivity index (χ1) is 11.0. The third-order valence-electron chi connectivity index (χ3n) is 3.52. The molecule has 1 aromatic carbocycles. The van der Waals surface area contributed by atoms with Gasteiger partial charge in [-0.05, 0) is 51.2 Å². The molecule has 0 bridgehead atoms. The molecular weight excluding hydrogens is 288 g/mol. The van der Waals surface area contributed by atoms with Crippen LogP contribution in [0.25, 0.3) is 0 Å². The molecule has 5 nitrogen and oxygen atoms in total. The molecular formula is C18H24N4O. The fourth-order valence-corrected chi connectivity index (χ4v) is 2.15. The maximum atomic E-state index is 12.2. The van der Waals surface area contributed by atoms with Gasteiger partial charge >= 0.3 is 0 Å². The number of hydrogen-bond donors (Lipinski definition) is 2. The smallest absolute Gasteiger partial charge is 0.252 e. The van der Waals surface area contributed by atoms with E-state index in [1.165, 1.54) is 5.56 Å². The van der Waals surface area contributed by atoms with Gasteiger partial charge in [0.25, 0.3) is 5.91 Å². The van der Waals surface area contributed by atoms with Crippen LogP contribution in [-0.2, 0) is 0 Å². The van der Waals surface area contributed by atoms with Crippen LogP contribution in [0.15, 0.2) is 36.7 Å². The summed E-state index contributed by atoms with van der Waals surface area (Å²) in [5.74, 6) is -0.107. The Morgan fingerprint density at radius 3 is 2.70 bits per heavy atom. The van der Waals surface area contributed by atoms with Crippen molar-refractivity contribution in [1.29, 1.82) is 0 Å². The van der Waals surface area contributed by atoms with E-state index in [0.29, 0.717) is 12.1 Å². The molecule has 0 fully saturated rings. The van der Waals surface area contributed by atoms with Crippen molar-refractivity contribution >= 4 is 17.3 Å². The Labute approximate surface area is 137 Å². The van der Waals surface area contributed by atoms with Crippen molar-refractivity contribution in [2.24, 2.45) is 0 Å². The molecule has 0 saturated heterocycles. The lowest BCUT2D eigenvalue weighted by molar-refractivity contribution is 0.0950. The van der Waals surface area contributed by atoms with Gasteiger partial charge < -0.3 is 15.5 Å². The summed E-state index contributed by atoms with van der Waals surface area (Å²) in [6.07, 6.45) is 3.30. The molecule has 0 saturated carbocycles. The number of rotatable bonds is 6. The van der Waals surface area contributed by atoms with Gasteiger partial charge in [0.05, 0.1) is 17.4 Å². The van der Waals surface area contributed by atoms with E-state index in [-0.39, 0.29) is 5.91 Å². The van der Waals surface area contributed by atoms with E-state index in [4.69, 9.17) is 0 Å². The van der Waals surface area contributed by atoms with Gasteiger partial charge in [-0.15, -0.1) is 0 Å². The summed E-state index contributed by atoms with van der Waals surface area (Å²) in [6, 6.07) is 8.05. The molecule has 1 aromatic heterocycles. The van der Waals surface area contributed by atoms with Crippen LogP contribution < -0.4 is 10.6 Å². The number of nitrogens with zero attached hydrogens (tertiary/aromatic N) is 2. The summed E-state index contributed by atoms with van der Waals surface area (Å²) in [4.78, 5) is 18.3. The van der Waals surface area contributed by atoms with Gasteiger partial charge in [-0.1, -0.05) is 12.1 Å². The highest BCUT2D eigenvalue weighted by molar-refractivity contribution is 5.94. The molecule has 0 radical (unpaired) electrons. The van der Waals surface area contributed by atoms with Crippen LogP contribution >= 0.6 is 0 Å². The maximum Gasteiger partial charge on any atom is 0.252 e. The lowest BCUT2D eigenvalue weighted by atomic mass is 10.1. The highest BCUT2D eigenvalue weighted by Gasteiger charge is 2.07. The van der Waals surface area contributed by atoms with Crippen molar-refractivity contribution in [3.05, 3.63) is 53.3 Å². The van der Waals surface area contributed by atoms with Gasteiger partial charge in [-0.25, -0.2) is 0 Å². The zero-order valence-corrected chi connectivity index (χ0v) is 14.2. The summed E-state index contributed by atoms with van der Waals surface area (Å²) in [5, 5.41) is 6.23. The van der Waals surface area contributed by atoms with Gasteiger partial charge in [0.1, 0.15) is 0 Å². The quantitative estimate of drug-likeness (QED) is 0.861. The van der Waals surface area contributed by atoms with E-state index in [2.05, 4.69) is 40.7 Å². The Hall–Kier alpha value is -2.40. The van der Waals surface area contributed by atoms with Crippen molar-refractivity contribution in [2.75, 3.05) is 32.5 Å². The zero-order valence-electron chi connectivity index (χ0n) is 14.2. The average molecular weight is 312 g/mol. The molecule has 2 N–H and O–H groups in total. The molecule has 23 heavy (non-hydrogen) atoms. The van der Waals surface area contributed by atoms with E-state index in [1.54, 1.807) is 12.4 Å². The number of carbonyl (C=O) groups is 1. The van der Waals surface area contributed by atoms with Gasteiger partial charge in [-0.2, -0.15) is 0 Å². The Balaban J connectivity index is 2.07. The number of pyridine rings is 1. The third-order valence-corrected chi connectivity index (χ3v) is 3.52. The molecule has 122 valence electrons. The Bertz CT molecular complexity index is 682. The maximum absolute atomic E-state index is 12.2. The summed E-state index contributed by atoms with van der Waals surface area (Å²) >= 11 is 0. The number of hydrogen-bond acceptors (Lipinski definition) is 4. The molecule has 0 spiro atoms. The van der Waals surface area contributed by atoms with Crippen LogP contribution in [0.2, 0.25) is 0 Å². The molecule has 1 heterocycles. The van der Waals surface area contributed by atoms with E-state index in [0.717, 1.165) is 23.5 Å². The van der Waals surface area contributed by atoms with Crippen LogP contribution in [0.3, 0.4) is 0 Å². The third kappa shape index (κ3) is 5.07. The van der Waals surface area contributed by atoms with Gasteiger partial charge in [-0.3, -0.25) is 9.78 Å².